The summed E-state index contributed by atoms with van der Waals surface area (Å²) in [4.78, 5) is 12.3. The summed E-state index contributed by atoms with van der Waals surface area (Å²) in [5.41, 5.74) is 0. The van der Waals surface area contributed by atoms with E-state index in [0.717, 1.165) is 17.9 Å². The molecule has 1 aliphatic rings. The van der Waals surface area contributed by atoms with Crippen molar-refractivity contribution in [3.05, 3.63) is 0 Å². The topological polar surface area (TPSA) is 32.3 Å². The molecule has 0 aromatic rings. The van der Waals surface area contributed by atoms with Crippen molar-refractivity contribution in [1.29, 1.82) is 0 Å². The van der Waals surface area contributed by atoms with E-state index in [1.807, 2.05) is 0 Å². The van der Waals surface area contributed by atoms with Gasteiger partial charge in [-0.1, -0.05) is 0 Å². The van der Waals surface area contributed by atoms with Gasteiger partial charge in [0, 0.05) is 13.6 Å². The van der Waals surface area contributed by atoms with E-state index in [0.29, 0.717) is 13.0 Å². The zero-order chi connectivity index (χ0) is 11.5. The molecule has 15 heavy (non-hydrogen) atoms. The number of hydrogen-bond acceptors (Lipinski definition) is 2. The molecule has 1 atom stereocenters. The Hall–Kier alpha value is -0.780. The van der Waals surface area contributed by atoms with Crippen molar-refractivity contribution in [3.8, 4) is 0 Å². The van der Waals surface area contributed by atoms with Crippen LogP contribution in [0.5, 0.6) is 0 Å². The summed E-state index contributed by atoms with van der Waals surface area (Å²) in [5, 5.41) is 3.00. The molecule has 0 bridgehead atoms. The van der Waals surface area contributed by atoms with Crippen LogP contribution in [-0.4, -0.2) is 43.7 Å². The third kappa shape index (κ3) is 4.07. The van der Waals surface area contributed by atoms with Crippen LogP contribution in [-0.2, 0) is 4.79 Å². The Morgan fingerprint density at radius 1 is 1.53 bits per heavy atom. The fourth-order valence-corrected chi connectivity index (χ4v) is 1.72. The highest BCUT2D eigenvalue weighted by atomic mass is 19.4. The normalized spacial score (nSPS) is 22.5. The number of alkyl halides is 3. The maximum atomic E-state index is 12.0. The molecule has 6 heteroatoms. The van der Waals surface area contributed by atoms with Crippen LogP contribution < -0.4 is 5.32 Å². The van der Waals surface area contributed by atoms with Crippen LogP contribution >= 0.6 is 0 Å². The van der Waals surface area contributed by atoms with Gasteiger partial charge in [0.05, 0.1) is 5.92 Å². The van der Waals surface area contributed by atoms with Crippen LogP contribution in [0.1, 0.15) is 12.8 Å². The molecule has 0 aliphatic carbocycles. The Bertz CT molecular complexity index is 224. The third-order valence-electron chi connectivity index (χ3n) is 2.44. The molecule has 1 fully saturated rings. The van der Waals surface area contributed by atoms with Crippen molar-refractivity contribution in [2.24, 2.45) is 5.92 Å². The number of nitrogens with one attached hydrogen (secondary N) is 1. The lowest BCUT2D eigenvalue weighted by molar-refractivity contribution is -0.161. The van der Waals surface area contributed by atoms with E-state index in [4.69, 9.17) is 0 Å². The standard InChI is InChI=1S/C9H15F3N2O/c1-14(6-9(10,11)12)8(15)7-3-2-4-13-5-7/h7,13H,2-6H2,1H3/t7-/m0/s1. The molecule has 0 radical (unpaired) electrons. The zero-order valence-electron chi connectivity index (χ0n) is 8.60. The Balaban J connectivity index is 2.44. The van der Waals surface area contributed by atoms with Crippen molar-refractivity contribution in [2.45, 2.75) is 19.0 Å². The molecule has 1 rings (SSSR count). The average molecular weight is 224 g/mol. The first kappa shape index (κ1) is 12.3. The van der Waals surface area contributed by atoms with Gasteiger partial charge < -0.3 is 10.2 Å². The molecule has 1 N–H and O–H groups in total. The maximum absolute atomic E-state index is 12.0. The van der Waals surface area contributed by atoms with Crippen LogP contribution in [0.2, 0.25) is 0 Å². The monoisotopic (exact) mass is 224 g/mol. The van der Waals surface area contributed by atoms with E-state index < -0.39 is 18.6 Å². The van der Waals surface area contributed by atoms with Crippen molar-refractivity contribution in [1.82, 2.24) is 10.2 Å². The van der Waals surface area contributed by atoms with Gasteiger partial charge in [-0.25, -0.2) is 0 Å². The summed E-state index contributed by atoms with van der Waals surface area (Å²) < 4.78 is 36.1. The second-order valence-electron chi connectivity index (χ2n) is 3.85. The van der Waals surface area contributed by atoms with E-state index in [2.05, 4.69) is 5.32 Å². The minimum atomic E-state index is -4.31. The first-order valence-electron chi connectivity index (χ1n) is 4.92. The van der Waals surface area contributed by atoms with Crippen LogP contribution in [0, 0.1) is 5.92 Å². The lowest BCUT2D eigenvalue weighted by atomic mass is 9.98. The molecule has 0 unspecified atom stereocenters. The summed E-state index contributed by atoms with van der Waals surface area (Å²) in [6.07, 6.45) is -2.79. The summed E-state index contributed by atoms with van der Waals surface area (Å²) in [5.74, 6) is -0.717. The molecule has 0 spiro atoms. The van der Waals surface area contributed by atoms with Crippen molar-refractivity contribution < 1.29 is 18.0 Å². The van der Waals surface area contributed by atoms with Crippen molar-refractivity contribution in [3.63, 3.8) is 0 Å². The highest BCUT2D eigenvalue weighted by Gasteiger charge is 2.33. The number of amides is 1. The van der Waals surface area contributed by atoms with Gasteiger partial charge in [0.15, 0.2) is 0 Å². The average Bonchev–Trinajstić information content (AvgIpc) is 2.15. The molecule has 1 heterocycles. The fourth-order valence-electron chi connectivity index (χ4n) is 1.72. The Kier molecular flexibility index (Phi) is 3.96. The van der Waals surface area contributed by atoms with Crippen molar-refractivity contribution in [2.75, 3.05) is 26.7 Å². The van der Waals surface area contributed by atoms with Gasteiger partial charge in [-0.2, -0.15) is 13.2 Å². The number of carbonyl (C=O) groups is 1. The second-order valence-corrected chi connectivity index (χ2v) is 3.85. The first-order valence-corrected chi connectivity index (χ1v) is 4.92. The zero-order valence-corrected chi connectivity index (χ0v) is 8.60. The van der Waals surface area contributed by atoms with Crippen molar-refractivity contribution >= 4 is 5.91 Å². The van der Waals surface area contributed by atoms with Gasteiger partial charge in [0.25, 0.3) is 0 Å². The Labute approximate surface area is 86.6 Å². The molecule has 1 amide bonds. The van der Waals surface area contributed by atoms with E-state index >= 15 is 0 Å². The van der Waals surface area contributed by atoms with Gasteiger partial charge in [0.1, 0.15) is 6.54 Å². The predicted octanol–water partition coefficient (Wildman–Crippen LogP) is 1.01. The molecule has 3 nitrogen and oxygen atoms in total. The first-order chi connectivity index (χ1) is 6.90. The molecule has 1 saturated heterocycles. The summed E-state index contributed by atoms with van der Waals surface area (Å²) in [6.45, 7) is 0.163. The molecular weight excluding hydrogens is 209 g/mol. The number of hydrogen-bond donors (Lipinski definition) is 1. The maximum Gasteiger partial charge on any atom is 0.406 e. The predicted molar refractivity (Wildman–Crippen MR) is 49.3 cm³/mol. The SMILES string of the molecule is CN(CC(F)(F)F)C(=O)[C@H]1CCCNC1. The highest BCUT2D eigenvalue weighted by molar-refractivity contribution is 5.79. The molecule has 0 aromatic carbocycles. The summed E-state index contributed by atoms with van der Waals surface area (Å²) >= 11 is 0. The molecule has 0 aromatic heterocycles. The lowest BCUT2D eigenvalue weighted by Crippen LogP contribution is -2.44. The second kappa shape index (κ2) is 4.83. The summed E-state index contributed by atoms with van der Waals surface area (Å²) in [6, 6.07) is 0. The van der Waals surface area contributed by atoms with Gasteiger partial charge in [0.2, 0.25) is 5.91 Å². The Morgan fingerprint density at radius 3 is 2.67 bits per heavy atom. The van der Waals surface area contributed by atoms with Crippen LogP contribution in [0.3, 0.4) is 0 Å². The van der Waals surface area contributed by atoms with Crippen LogP contribution in [0.25, 0.3) is 0 Å². The van der Waals surface area contributed by atoms with Gasteiger partial charge in [-0.05, 0) is 19.4 Å². The van der Waals surface area contributed by atoms with E-state index in [1.54, 1.807) is 0 Å². The third-order valence-corrected chi connectivity index (χ3v) is 2.44. The number of rotatable bonds is 2. The molecule has 1 aliphatic heterocycles. The van der Waals surface area contributed by atoms with E-state index in [1.165, 1.54) is 7.05 Å². The highest BCUT2D eigenvalue weighted by Crippen LogP contribution is 2.18. The minimum absolute atomic E-state index is 0.300. The molecule has 88 valence electrons. The number of halogens is 3. The smallest absolute Gasteiger partial charge is 0.336 e. The fraction of sp³-hybridized carbons (Fsp3) is 0.889. The molecular formula is C9H15F3N2O. The van der Waals surface area contributed by atoms with Gasteiger partial charge in [-0.15, -0.1) is 0 Å². The lowest BCUT2D eigenvalue weighted by Gasteiger charge is -2.27. The van der Waals surface area contributed by atoms with Crippen LogP contribution in [0.4, 0.5) is 13.2 Å². The number of carbonyl (C=O) groups excluding carboxylic acids is 1. The van der Waals surface area contributed by atoms with E-state index in [9.17, 15) is 18.0 Å². The summed E-state index contributed by atoms with van der Waals surface area (Å²) in [7, 11) is 1.20. The minimum Gasteiger partial charge on any atom is -0.336 e. The van der Waals surface area contributed by atoms with Gasteiger partial charge in [-0.3, -0.25) is 4.79 Å². The quantitative estimate of drug-likeness (QED) is 0.759. The number of piperidine rings is 1. The van der Waals surface area contributed by atoms with Crippen LogP contribution in [0.15, 0.2) is 0 Å². The number of nitrogens with zero attached hydrogens (tertiary/aromatic N) is 1. The van der Waals surface area contributed by atoms with E-state index in [-0.39, 0.29) is 5.92 Å². The molecule has 0 saturated carbocycles. The Morgan fingerprint density at radius 2 is 2.20 bits per heavy atom. The van der Waals surface area contributed by atoms with Gasteiger partial charge >= 0.3 is 6.18 Å². The largest absolute Gasteiger partial charge is 0.406 e.